The second kappa shape index (κ2) is 9.47. The monoisotopic (exact) mass is 374 g/mol. The first-order chi connectivity index (χ1) is 12.5. The molecule has 0 radical (unpaired) electrons. The van der Waals surface area contributed by atoms with Crippen LogP contribution in [0.25, 0.3) is 0 Å². The highest BCUT2D eigenvalue weighted by atomic mass is 32.1. The van der Waals surface area contributed by atoms with Crippen molar-refractivity contribution in [3.05, 3.63) is 57.8 Å². The summed E-state index contributed by atoms with van der Waals surface area (Å²) in [6.07, 6.45) is -0.125. The molecule has 0 saturated heterocycles. The summed E-state index contributed by atoms with van der Waals surface area (Å²) in [6, 6.07) is 10.4. The molecule has 1 aromatic heterocycles. The third kappa shape index (κ3) is 6.14. The summed E-state index contributed by atoms with van der Waals surface area (Å²) in [4.78, 5) is 47.2. The molecule has 7 nitrogen and oxygen atoms in total. The van der Waals surface area contributed by atoms with Crippen LogP contribution in [-0.4, -0.2) is 30.2 Å². The summed E-state index contributed by atoms with van der Waals surface area (Å²) >= 11 is 1.23. The number of rotatable bonds is 7. The Kier molecular flexibility index (Phi) is 7.04. The molecule has 0 aliphatic carbocycles. The van der Waals surface area contributed by atoms with Crippen LogP contribution in [0.15, 0.2) is 41.8 Å². The number of Topliss-reactive ketones (excluding diaryl/α,β-unsaturated/α-hetero) is 1. The maximum Gasteiger partial charge on any atom is 0.306 e. The maximum atomic E-state index is 12.0. The van der Waals surface area contributed by atoms with Gasteiger partial charge in [0.15, 0.2) is 12.4 Å². The smallest absolute Gasteiger partial charge is 0.306 e. The fourth-order valence-electron chi connectivity index (χ4n) is 1.95. The number of amides is 2. The van der Waals surface area contributed by atoms with E-state index in [1.165, 1.54) is 11.3 Å². The molecule has 2 aromatic rings. The average Bonchev–Trinajstić information content (AvgIpc) is 3.17. The fourth-order valence-corrected chi connectivity index (χ4v) is 2.57. The summed E-state index contributed by atoms with van der Waals surface area (Å²) in [6.45, 7) is 1.38. The van der Waals surface area contributed by atoms with E-state index in [0.717, 1.165) is 5.56 Å². The Bertz CT molecular complexity index is 784. The van der Waals surface area contributed by atoms with Crippen LogP contribution in [0.2, 0.25) is 0 Å². The zero-order valence-electron chi connectivity index (χ0n) is 14.1. The van der Waals surface area contributed by atoms with E-state index >= 15 is 0 Å². The van der Waals surface area contributed by atoms with Crippen LogP contribution in [-0.2, 0) is 14.3 Å². The number of esters is 1. The lowest BCUT2D eigenvalue weighted by Gasteiger charge is -2.07. The minimum absolute atomic E-state index is 0.00136. The van der Waals surface area contributed by atoms with Gasteiger partial charge in [0.05, 0.1) is 11.3 Å². The second-order valence-electron chi connectivity index (χ2n) is 5.43. The molecule has 136 valence electrons. The highest BCUT2D eigenvalue weighted by Crippen LogP contribution is 2.08. The quantitative estimate of drug-likeness (QED) is 0.439. The second-order valence-corrected chi connectivity index (χ2v) is 6.38. The van der Waals surface area contributed by atoms with Crippen molar-refractivity contribution in [3.63, 3.8) is 0 Å². The Labute approximate surface area is 154 Å². The van der Waals surface area contributed by atoms with Crippen LogP contribution in [0.1, 0.15) is 38.4 Å². The van der Waals surface area contributed by atoms with Gasteiger partial charge in [-0.2, -0.15) is 0 Å². The standard InChI is InChI=1S/C18H18N2O5S/c1-12-4-6-13(7-5-12)14(21)8-9-17(23)25-11-16(22)19-20-18(24)15-3-2-10-26-15/h2-7,10H,8-9,11H2,1H3,(H,19,22)(H,20,24). The fraction of sp³-hybridized carbons (Fsp3) is 0.222. The van der Waals surface area contributed by atoms with Crippen LogP contribution >= 0.6 is 11.3 Å². The number of carbonyl (C=O) groups excluding carboxylic acids is 4. The number of hydrogen-bond donors (Lipinski definition) is 2. The highest BCUT2D eigenvalue weighted by Gasteiger charge is 2.13. The van der Waals surface area contributed by atoms with Gasteiger partial charge in [-0.25, -0.2) is 0 Å². The predicted molar refractivity (Wildman–Crippen MR) is 95.6 cm³/mol. The Morgan fingerprint density at radius 1 is 1.00 bits per heavy atom. The van der Waals surface area contributed by atoms with E-state index < -0.39 is 24.4 Å². The third-order valence-electron chi connectivity index (χ3n) is 3.35. The van der Waals surface area contributed by atoms with Gasteiger partial charge in [-0.1, -0.05) is 35.9 Å². The Morgan fingerprint density at radius 2 is 1.73 bits per heavy atom. The summed E-state index contributed by atoms with van der Waals surface area (Å²) < 4.78 is 4.78. The van der Waals surface area contributed by atoms with Crippen LogP contribution < -0.4 is 10.9 Å². The van der Waals surface area contributed by atoms with E-state index in [9.17, 15) is 19.2 Å². The van der Waals surface area contributed by atoms with Gasteiger partial charge in [-0.15, -0.1) is 11.3 Å². The van der Waals surface area contributed by atoms with Gasteiger partial charge in [-0.05, 0) is 18.4 Å². The molecule has 26 heavy (non-hydrogen) atoms. The lowest BCUT2D eigenvalue weighted by atomic mass is 10.1. The van der Waals surface area contributed by atoms with Crippen molar-refractivity contribution in [1.82, 2.24) is 10.9 Å². The van der Waals surface area contributed by atoms with Crippen molar-refractivity contribution in [1.29, 1.82) is 0 Å². The van der Waals surface area contributed by atoms with Gasteiger partial charge in [0, 0.05) is 12.0 Å². The molecule has 0 fully saturated rings. The molecule has 0 bridgehead atoms. The van der Waals surface area contributed by atoms with Crippen LogP contribution in [0.4, 0.5) is 0 Å². The van der Waals surface area contributed by atoms with Crippen molar-refractivity contribution in [3.8, 4) is 0 Å². The normalized spacial score (nSPS) is 10.0. The molecule has 1 aromatic carbocycles. The zero-order chi connectivity index (χ0) is 18.9. The number of aryl methyl sites for hydroxylation is 1. The number of nitrogens with one attached hydrogen (secondary N) is 2. The van der Waals surface area contributed by atoms with E-state index in [2.05, 4.69) is 10.9 Å². The van der Waals surface area contributed by atoms with E-state index in [0.29, 0.717) is 10.4 Å². The molecule has 0 unspecified atom stereocenters. The van der Waals surface area contributed by atoms with E-state index in [-0.39, 0.29) is 18.6 Å². The van der Waals surface area contributed by atoms with E-state index in [1.807, 2.05) is 19.1 Å². The Morgan fingerprint density at radius 3 is 2.38 bits per heavy atom. The van der Waals surface area contributed by atoms with Crippen LogP contribution in [0.3, 0.4) is 0 Å². The SMILES string of the molecule is Cc1ccc(C(=O)CCC(=O)OCC(=O)NNC(=O)c2cccs2)cc1. The lowest BCUT2D eigenvalue weighted by molar-refractivity contribution is -0.148. The van der Waals surface area contributed by atoms with Gasteiger partial charge in [0.25, 0.3) is 11.8 Å². The zero-order valence-corrected chi connectivity index (χ0v) is 14.9. The topological polar surface area (TPSA) is 102 Å². The number of ketones is 1. The number of thiophene rings is 1. The highest BCUT2D eigenvalue weighted by molar-refractivity contribution is 7.12. The molecular weight excluding hydrogens is 356 g/mol. The maximum absolute atomic E-state index is 12.0. The predicted octanol–water partition coefficient (Wildman–Crippen LogP) is 2.02. The minimum Gasteiger partial charge on any atom is -0.455 e. The third-order valence-corrected chi connectivity index (χ3v) is 4.22. The molecule has 0 aliphatic rings. The molecule has 1 heterocycles. The number of hydrazine groups is 1. The molecule has 0 saturated carbocycles. The number of ether oxygens (including phenoxy) is 1. The molecule has 2 amide bonds. The van der Waals surface area contributed by atoms with E-state index in [4.69, 9.17) is 4.74 Å². The van der Waals surface area contributed by atoms with Gasteiger partial charge < -0.3 is 4.74 Å². The van der Waals surface area contributed by atoms with Crippen molar-refractivity contribution in [2.75, 3.05) is 6.61 Å². The van der Waals surface area contributed by atoms with E-state index in [1.54, 1.807) is 29.6 Å². The van der Waals surface area contributed by atoms with Crippen molar-refractivity contribution < 1.29 is 23.9 Å². The molecular formula is C18H18N2O5S. The first-order valence-corrected chi connectivity index (χ1v) is 8.72. The van der Waals surface area contributed by atoms with Crippen molar-refractivity contribution >= 4 is 34.9 Å². The van der Waals surface area contributed by atoms with Crippen LogP contribution in [0.5, 0.6) is 0 Å². The first-order valence-electron chi connectivity index (χ1n) is 7.84. The Hall–Kier alpha value is -3.00. The average molecular weight is 374 g/mol. The number of benzene rings is 1. The number of carbonyl (C=O) groups is 4. The van der Waals surface area contributed by atoms with Crippen molar-refractivity contribution in [2.45, 2.75) is 19.8 Å². The number of hydrogen-bond acceptors (Lipinski definition) is 6. The van der Waals surface area contributed by atoms with Crippen molar-refractivity contribution in [2.24, 2.45) is 0 Å². The molecule has 0 atom stereocenters. The minimum atomic E-state index is -0.673. The largest absolute Gasteiger partial charge is 0.455 e. The van der Waals surface area contributed by atoms with Gasteiger partial charge >= 0.3 is 5.97 Å². The van der Waals surface area contributed by atoms with Gasteiger partial charge in [-0.3, -0.25) is 30.0 Å². The molecule has 0 aliphatic heterocycles. The first kappa shape index (κ1) is 19.3. The molecule has 2 rings (SSSR count). The molecule has 2 N–H and O–H groups in total. The summed E-state index contributed by atoms with van der Waals surface area (Å²) in [5.74, 6) is -1.96. The van der Waals surface area contributed by atoms with Gasteiger partial charge in [0.1, 0.15) is 0 Å². The molecule has 0 spiro atoms. The summed E-state index contributed by atoms with van der Waals surface area (Å²) in [5.41, 5.74) is 5.92. The Balaban J connectivity index is 1.64. The van der Waals surface area contributed by atoms with Crippen LogP contribution in [0, 0.1) is 6.92 Å². The lowest BCUT2D eigenvalue weighted by Crippen LogP contribution is -2.43. The van der Waals surface area contributed by atoms with Gasteiger partial charge in [0.2, 0.25) is 0 Å². The summed E-state index contributed by atoms with van der Waals surface area (Å²) in [5, 5.41) is 1.73. The molecule has 8 heteroatoms. The summed E-state index contributed by atoms with van der Waals surface area (Å²) in [7, 11) is 0.